The van der Waals surface area contributed by atoms with Gasteiger partial charge in [0.25, 0.3) is 0 Å². The lowest BCUT2D eigenvalue weighted by molar-refractivity contribution is 0.316. The third-order valence-corrected chi connectivity index (χ3v) is 6.83. The number of sulfonamides is 1. The van der Waals surface area contributed by atoms with Crippen LogP contribution in [0.15, 0.2) is 22.5 Å². The van der Waals surface area contributed by atoms with Crippen LogP contribution in [-0.4, -0.2) is 46.3 Å². The van der Waals surface area contributed by atoms with Gasteiger partial charge in [-0.25, -0.2) is 13.1 Å². The smallest absolute Gasteiger partial charge is 0.213 e. The molecule has 1 heterocycles. The van der Waals surface area contributed by atoms with Crippen LogP contribution in [0.4, 0.5) is 0 Å². The standard InChI is InChI=1S/C17H30N4O2S2.HI/c1-3-18-17(20-12-14(2)16-8-5-10-24-16)19-9-11-25(22,23)21-13-15-6-4-7-15;/h5,8,10,14-15,21H,3-4,6-7,9,11-13H2,1-2H3,(H2,18,19,20);1H. The number of halogens is 1. The molecule has 0 bridgehead atoms. The molecule has 1 fully saturated rings. The molecule has 0 aliphatic heterocycles. The van der Waals surface area contributed by atoms with Crippen LogP contribution in [0.5, 0.6) is 0 Å². The molecule has 2 rings (SSSR count). The summed E-state index contributed by atoms with van der Waals surface area (Å²) in [4.78, 5) is 5.88. The predicted octanol–water partition coefficient (Wildman–Crippen LogP) is 2.74. The first-order chi connectivity index (χ1) is 12.0. The van der Waals surface area contributed by atoms with Crippen molar-refractivity contribution in [3.63, 3.8) is 0 Å². The minimum absolute atomic E-state index is 0. The normalized spacial score (nSPS) is 16.5. The second-order valence-electron chi connectivity index (χ2n) is 6.53. The van der Waals surface area contributed by atoms with Crippen LogP contribution < -0.4 is 15.4 Å². The second-order valence-corrected chi connectivity index (χ2v) is 9.43. The van der Waals surface area contributed by atoms with Crippen LogP contribution in [0.25, 0.3) is 0 Å². The van der Waals surface area contributed by atoms with Crippen molar-refractivity contribution in [3.05, 3.63) is 22.4 Å². The maximum atomic E-state index is 12.0. The highest BCUT2D eigenvalue weighted by atomic mass is 127. The van der Waals surface area contributed by atoms with E-state index in [4.69, 9.17) is 0 Å². The van der Waals surface area contributed by atoms with Gasteiger partial charge in [0.15, 0.2) is 5.96 Å². The van der Waals surface area contributed by atoms with E-state index in [0.29, 0.717) is 37.4 Å². The van der Waals surface area contributed by atoms with Gasteiger partial charge in [-0.15, -0.1) is 35.3 Å². The summed E-state index contributed by atoms with van der Waals surface area (Å²) in [6.45, 7) is 6.48. The van der Waals surface area contributed by atoms with Crippen molar-refractivity contribution in [1.29, 1.82) is 0 Å². The van der Waals surface area contributed by atoms with Gasteiger partial charge in [-0.05, 0) is 37.1 Å². The first-order valence-electron chi connectivity index (χ1n) is 9.03. The molecule has 0 aromatic carbocycles. The van der Waals surface area contributed by atoms with E-state index in [9.17, 15) is 8.42 Å². The van der Waals surface area contributed by atoms with Crippen LogP contribution in [-0.2, 0) is 10.0 Å². The lowest BCUT2D eigenvalue weighted by Gasteiger charge is -2.25. The average molecular weight is 514 g/mol. The number of guanidine groups is 1. The topological polar surface area (TPSA) is 82.6 Å². The first kappa shape index (κ1) is 23.6. The third-order valence-electron chi connectivity index (χ3n) is 4.38. The van der Waals surface area contributed by atoms with Gasteiger partial charge >= 0.3 is 0 Å². The van der Waals surface area contributed by atoms with Crippen molar-refractivity contribution in [1.82, 2.24) is 15.4 Å². The molecule has 1 atom stereocenters. The van der Waals surface area contributed by atoms with E-state index in [1.807, 2.05) is 13.0 Å². The molecule has 1 aliphatic rings. The molecule has 0 radical (unpaired) electrons. The lowest BCUT2D eigenvalue weighted by Crippen LogP contribution is -2.42. The van der Waals surface area contributed by atoms with Gasteiger partial charge in [-0.1, -0.05) is 19.4 Å². The molecule has 0 spiro atoms. The van der Waals surface area contributed by atoms with Gasteiger partial charge in [-0.3, -0.25) is 4.99 Å². The first-order valence-corrected chi connectivity index (χ1v) is 11.6. The molecule has 1 saturated carbocycles. The van der Waals surface area contributed by atoms with E-state index >= 15 is 0 Å². The summed E-state index contributed by atoms with van der Waals surface area (Å²) < 4.78 is 26.8. The molecule has 26 heavy (non-hydrogen) atoms. The van der Waals surface area contributed by atoms with E-state index in [-0.39, 0.29) is 29.7 Å². The zero-order chi connectivity index (χ0) is 18.1. The summed E-state index contributed by atoms with van der Waals surface area (Å²) in [5, 5.41) is 8.35. The number of aliphatic imine (C=N–C) groups is 1. The number of hydrogen-bond donors (Lipinski definition) is 3. The molecule has 9 heteroatoms. The molecular weight excluding hydrogens is 483 g/mol. The van der Waals surface area contributed by atoms with Gasteiger partial charge in [0.05, 0.1) is 12.3 Å². The van der Waals surface area contributed by atoms with E-state index in [1.54, 1.807) is 11.3 Å². The zero-order valence-corrected chi connectivity index (χ0v) is 19.5. The highest BCUT2D eigenvalue weighted by Crippen LogP contribution is 2.25. The lowest BCUT2D eigenvalue weighted by atomic mass is 9.86. The predicted molar refractivity (Wildman–Crippen MR) is 121 cm³/mol. The summed E-state index contributed by atoms with van der Waals surface area (Å²) in [5.41, 5.74) is 0. The Balaban J connectivity index is 0.00000338. The maximum Gasteiger partial charge on any atom is 0.213 e. The Hall–Kier alpha value is -0.390. The van der Waals surface area contributed by atoms with Crippen molar-refractivity contribution >= 4 is 51.3 Å². The van der Waals surface area contributed by atoms with Gasteiger partial charge in [0.2, 0.25) is 10.0 Å². The third kappa shape index (κ3) is 8.53. The highest BCUT2D eigenvalue weighted by Gasteiger charge is 2.20. The van der Waals surface area contributed by atoms with E-state index in [1.165, 1.54) is 11.3 Å². The van der Waals surface area contributed by atoms with E-state index in [0.717, 1.165) is 19.4 Å². The second kappa shape index (κ2) is 12.1. The molecular formula is C17H31IN4O2S2. The van der Waals surface area contributed by atoms with Gasteiger partial charge in [-0.2, -0.15) is 0 Å². The van der Waals surface area contributed by atoms with Crippen molar-refractivity contribution in [2.24, 2.45) is 10.9 Å². The molecule has 1 aromatic heterocycles. The van der Waals surface area contributed by atoms with Gasteiger partial charge in [0, 0.05) is 30.4 Å². The number of thiophene rings is 1. The Morgan fingerprint density at radius 3 is 2.73 bits per heavy atom. The van der Waals surface area contributed by atoms with Crippen LogP contribution in [0.2, 0.25) is 0 Å². The van der Waals surface area contributed by atoms with Crippen molar-refractivity contribution in [2.45, 2.75) is 39.0 Å². The van der Waals surface area contributed by atoms with Crippen LogP contribution in [0, 0.1) is 5.92 Å². The van der Waals surface area contributed by atoms with Crippen LogP contribution in [0.3, 0.4) is 0 Å². The maximum absolute atomic E-state index is 12.0. The Bertz CT molecular complexity index is 631. The number of nitrogens with zero attached hydrogens (tertiary/aromatic N) is 1. The summed E-state index contributed by atoms with van der Waals surface area (Å²) in [6, 6.07) is 4.16. The van der Waals surface area contributed by atoms with E-state index < -0.39 is 10.0 Å². The molecule has 150 valence electrons. The number of hydrogen-bond acceptors (Lipinski definition) is 4. The molecule has 1 unspecified atom stereocenters. The van der Waals surface area contributed by atoms with Gasteiger partial charge in [0.1, 0.15) is 0 Å². The van der Waals surface area contributed by atoms with E-state index in [2.05, 4.69) is 38.7 Å². The quantitative estimate of drug-likeness (QED) is 0.255. The van der Waals surface area contributed by atoms with Crippen molar-refractivity contribution in [3.8, 4) is 0 Å². The molecule has 3 N–H and O–H groups in total. The summed E-state index contributed by atoms with van der Waals surface area (Å²) >= 11 is 1.73. The molecule has 1 aromatic rings. The summed E-state index contributed by atoms with van der Waals surface area (Å²) in [6.07, 6.45) is 3.50. The van der Waals surface area contributed by atoms with Crippen LogP contribution >= 0.6 is 35.3 Å². The zero-order valence-electron chi connectivity index (χ0n) is 15.5. The van der Waals surface area contributed by atoms with Crippen molar-refractivity contribution in [2.75, 3.05) is 31.9 Å². The Morgan fingerprint density at radius 2 is 2.15 bits per heavy atom. The molecule has 6 nitrogen and oxygen atoms in total. The fourth-order valence-electron chi connectivity index (χ4n) is 2.55. The molecule has 0 amide bonds. The minimum Gasteiger partial charge on any atom is -0.357 e. The average Bonchev–Trinajstić information content (AvgIpc) is 3.05. The Kier molecular flexibility index (Phi) is 11.0. The Morgan fingerprint density at radius 1 is 1.38 bits per heavy atom. The molecule has 1 aliphatic carbocycles. The monoisotopic (exact) mass is 514 g/mol. The van der Waals surface area contributed by atoms with Crippen molar-refractivity contribution < 1.29 is 8.42 Å². The summed E-state index contributed by atoms with van der Waals surface area (Å²) in [5.74, 6) is 1.61. The van der Waals surface area contributed by atoms with Crippen LogP contribution in [0.1, 0.15) is 43.9 Å². The minimum atomic E-state index is -3.22. The largest absolute Gasteiger partial charge is 0.357 e. The Labute approximate surface area is 178 Å². The number of nitrogens with one attached hydrogen (secondary N) is 3. The highest BCUT2D eigenvalue weighted by molar-refractivity contribution is 14.0. The fourth-order valence-corrected chi connectivity index (χ4v) is 4.33. The SMILES string of the molecule is CCNC(=NCC(C)c1cccs1)NCCS(=O)(=O)NCC1CCC1.I. The van der Waals surface area contributed by atoms with Gasteiger partial charge < -0.3 is 10.6 Å². The summed E-state index contributed by atoms with van der Waals surface area (Å²) in [7, 11) is -3.22. The number of rotatable bonds is 10. The molecule has 0 saturated heterocycles. The fraction of sp³-hybridized carbons (Fsp3) is 0.706.